The molecule has 0 unspecified atom stereocenters. The van der Waals surface area contributed by atoms with Crippen LogP contribution in [0.3, 0.4) is 0 Å². The van der Waals surface area contributed by atoms with E-state index in [1.807, 2.05) is 67.6 Å². The molecular formula is C18H23N3O2. The first-order valence-corrected chi connectivity index (χ1v) is 8.02. The van der Waals surface area contributed by atoms with Gasteiger partial charge in [-0.05, 0) is 58.0 Å². The molecule has 0 N–H and O–H groups in total. The number of carbonyl (C=O) groups excluding carboxylic acids is 1. The Morgan fingerprint density at radius 3 is 2.26 bits per heavy atom. The van der Waals surface area contributed by atoms with Crippen LogP contribution < -0.4 is 0 Å². The summed E-state index contributed by atoms with van der Waals surface area (Å²) in [6, 6.07) is 9.67. The molecule has 2 aromatic rings. The number of carbonyl (C=O) groups is 1. The lowest BCUT2D eigenvalue weighted by Crippen LogP contribution is -2.48. The van der Waals surface area contributed by atoms with E-state index in [-0.39, 0.29) is 18.1 Å². The van der Waals surface area contributed by atoms with E-state index in [1.54, 1.807) is 0 Å². The second-order valence-electron chi connectivity index (χ2n) is 6.35. The minimum absolute atomic E-state index is 0.0620. The van der Waals surface area contributed by atoms with Gasteiger partial charge in [0.1, 0.15) is 0 Å². The number of nitrogens with zero attached hydrogens (tertiary/aromatic N) is 3. The monoisotopic (exact) mass is 313 g/mol. The summed E-state index contributed by atoms with van der Waals surface area (Å²) in [6.45, 7) is 9.28. The average Bonchev–Trinajstić information content (AvgIpc) is 2.84. The van der Waals surface area contributed by atoms with E-state index < -0.39 is 0 Å². The number of amides is 1. The maximum Gasteiger partial charge on any atom is 0.254 e. The number of benzene rings is 1. The summed E-state index contributed by atoms with van der Waals surface area (Å²) in [4.78, 5) is 14.5. The Labute approximate surface area is 136 Å². The van der Waals surface area contributed by atoms with Crippen LogP contribution in [0.15, 0.2) is 30.3 Å². The number of rotatable bonds is 2. The van der Waals surface area contributed by atoms with E-state index in [1.165, 1.54) is 0 Å². The molecule has 1 aliphatic heterocycles. The lowest BCUT2D eigenvalue weighted by molar-refractivity contribution is -0.0586. The highest BCUT2D eigenvalue weighted by Gasteiger charge is 2.26. The molecule has 1 amide bonds. The molecule has 1 aliphatic rings. The van der Waals surface area contributed by atoms with Gasteiger partial charge in [-0.3, -0.25) is 4.79 Å². The van der Waals surface area contributed by atoms with Gasteiger partial charge in [-0.1, -0.05) is 0 Å². The molecule has 122 valence electrons. The van der Waals surface area contributed by atoms with E-state index in [9.17, 15) is 4.79 Å². The Balaban J connectivity index is 1.79. The van der Waals surface area contributed by atoms with Gasteiger partial charge in [0.25, 0.3) is 5.91 Å². The smallest absolute Gasteiger partial charge is 0.254 e. The van der Waals surface area contributed by atoms with Gasteiger partial charge in [0.2, 0.25) is 0 Å². The molecule has 0 spiro atoms. The predicted molar refractivity (Wildman–Crippen MR) is 89.0 cm³/mol. The van der Waals surface area contributed by atoms with Gasteiger partial charge in [0.15, 0.2) is 0 Å². The molecule has 1 aromatic carbocycles. The molecule has 0 saturated carbocycles. The molecule has 1 aromatic heterocycles. The maximum absolute atomic E-state index is 12.7. The molecule has 1 saturated heterocycles. The Morgan fingerprint density at radius 1 is 1.13 bits per heavy atom. The third-order valence-electron chi connectivity index (χ3n) is 4.08. The van der Waals surface area contributed by atoms with Gasteiger partial charge < -0.3 is 9.64 Å². The molecule has 5 nitrogen and oxygen atoms in total. The first-order valence-electron chi connectivity index (χ1n) is 8.02. The van der Waals surface area contributed by atoms with Crippen molar-refractivity contribution in [2.24, 2.45) is 0 Å². The van der Waals surface area contributed by atoms with Crippen LogP contribution in [0.2, 0.25) is 0 Å². The molecule has 3 rings (SSSR count). The quantitative estimate of drug-likeness (QED) is 0.856. The van der Waals surface area contributed by atoms with Crippen LogP contribution in [-0.4, -0.2) is 45.9 Å². The largest absolute Gasteiger partial charge is 0.372 e. The summed E-state index contributed by atoms with van der Waals surface area (Å²) in [5.74, 6) is 0.0620. The Bertz CT molecular complexity index is 696. The van der Waals surface area contributed by atoms with Crippen LogP contribution >= 0.6 is 0 Å². The zero-order valence-corrected chi connectivity index (χ0v) is 14.1. The highest BCUT2D eigenvalue weighted by molar-refractivity contribution is 5.94. The van der Waals surface area contributed by atoms with Crippen molar-refractivity contribution in [3.63, 3.8) is 0 Å². The van der Waals surface area contributed by atoms with Gasteiger partial charge in [0.05, 0.1) is 23.6 Å². The van der Waals surface area contributed by atoms with Crippen LogP contribution in [0.5, 0.6) is 0 Å². The van der Waals surface area contributed by atoms with E-state index in [0.29, 0.717) is 18.7 Å². The Kier molecular flexibility index (Phi) is 4.22. The Hall–Kier alpha value is -2.14. The van der Waals surface area contributed by atoms with Gasteiger partial charge in [0, 0.05) is 24.3 Å². The Morgan fingerprint density at radius 2 is 1.74 bits per heavy atom. The van der Waals surface area contributed by atoms with E-state index in [0.717, 1.165) is 17.1 Å². The second kappa shape index (κ2) is 6.16. The van der Waals surface area contributed by atoms with Crippen LogP contribution in [-0.2, 0) is 4.74 Å². The number of hydrogen-bond donors (Lipinski definition) is 0. The first kappa shape index (κ1) is 15.7. The number of aromatic nitrogens is 2. The summed E-state index contributed by atoms with van der Waals surface area (Å²) < 4.78 is 7.58. The minimum Gasteiger partial charge on any atom is -0.372 e. The van der Waals surface area contributed by atoms with Crippen molar-refractivity contribution in [1.82, 2.24) is 14.7 Å². The number of morpholine rings is 1. The fraction of sp³-hybridized carbons (Fsp3) is 0.444. The minimum atomic E-state index is 0.0620. The number of aryl methyl sites for hydroxylation is 2. The van der Waals surface area contributed by atoms with Crippen molar-refractivity contribution in [3.05, 3.63) is 47.3 Å². The zero-order valence-electron chi connectivity index (χ0n) is 14.1. The van der Waals surface area contributed by atoms with Gasteiger partial charge in [-0.25, -0.2) is 4.68 Å². The second-order valence-corrected chi connectivity index (χ2v) is 6.35. The number of hydrogen-bond acceptors (Lipinski definition) is 3. The van der Waals surface area contributed by atoms with E-state index >= 15 is 0 Å². The van der Waals surface area contributed by atoms with Crippen molar-refractivity contribution >= 4 is 5.91 Å². The average molecular weight is 313 g/mol. The third-order valence-corrected chi connectivity index (χ3v) is 4.08. The molecule has 5 heteroatoms. The maximum atomic E-state index is 12.7. The van der Waals surface area contributed by atoms with E-state index in [4.69, 9.17) is 4.74 Å². The van der Waals surface area contributed by atoms with Gasteiger partial charge in [-0.2, -0.15) is 5.10 Å². The summed E-state index contributed by atoms with van der Waals surface area (Å²) in [6.07, 6.45) is 0.161. The number of ether oxygens (including phenoxy) is 1. The normalized spacial score (nSPS) is 21.5. The van der Waals surface area contributed by atoms with Crippen molar-refractivity contribution in [2.75, 3.05) is 13.1 Å². The standard InChI is InChI=1S/C18H23N3O2/c1-12-9-13(2)21(19-12)17-7-5-16(6-8-17)18(22)20-10-14(3)23-15(4)11-20/h5-9,14-15H,10-11H2,1-4H3/t14-,15+. The summed E-state index contributed by atoms with van der Waals surface area (Å²) in [5.41, 5.74) is 3.74. The van der Waals surface area contributed by atoms with Crippen molar-refractivity contribution < 1.29 is 9.53 Å². The lowest BCUT2D eigenvalue weighted by Gasteiger charge is -2.35. The zero-order chi connectivity index (χ0) is 16.6. The molecule has 2 atom stereocenters. The molecule has 0 radical (unpaired) electrons. The molecule has 0 bridgehead atoms. The van der Waals surface area contributed by atoms with Crippen LogP contribution in [0.4, 0.5) is 0 Å². The molecular weight excluding hydrogens is 290 g/mol. The van der Waals surface area contributed by atoms with Crippen LogP contribution in [0, 0.1) is 13.8 Å². The van der Waals surface area contributed by atoms with Crippen molar-refractivity contribution in [3.8, 4) is 5.69 Å². The lowest BCUT2D eigenvalue weighted by atomic mass is 10.1. The summed E-state index contributed by atoms with van der Waals surface area (Å²) in [5, 5.41) is 4.47. The third kappa shape index (κ3) is 3.29. The highest BCUT2D eigenvalue weighted by atomic mass is 16.5. The predicted octanol–water partition coefficient (Wildman–Crippen LogP) is 2.74. The van der Waals surface area contributed by atoms with Crippen molar-refractivity contribution in [2.45, 2.75) is 39.9 Å². The summed E-state index contributed by atoms with van der Waals surface area (Å²) >= 11 is 0. The molecule has 1 fully saturated rings. The molecule has 23 heavy (non-hydrogen) atoms. The topological polar surface area (TPSA) is 47.4 Å². The SMILES string of the molecule is Cc1cc(C)n(-c2ccc(C(=O)N3C[C@@H](C)O[C@@H](C)C3)cc2)n1. The molecule has 2 heterocycles. The summed E-state index contributed by atoms with van der Waals surface area (Å²) in [7, 11) is 0. The highest BCUT2D eigenvalue weighted by Crippen LogP contribution is 2.17. The van der Waals surface area contributed by atoms with Crippen LogP contribution in [0.25, 0.3) is 5.69 Å². The van der Waals surface area contributed by atoms with Gasteiger partial charge in [-0.15, -0.1) is 0 Å². The van der Waals surface area contributed by atoms with E-state index in [2.05, 4.69) is 5.10 Å². The van der Waals surface area contributed by atoms with Gasteiger partial charge >= 0.3 is 0 Å². The first-order chi connectivity index (χ1) is 10.9. The molecule has 0 aliphatic carbocycles. The fourth-order valence-electron chi connectivity index (χ4n) is 3.16. The van der Waals surface area contributed by atoms with Crippen LogP contribution in [0.1, 0.15) is 35.6 Å². The van der Waals surface area contributed by atoms with Crippen molar-refractivity contribution in [1.29, 1.82) is 0 Å². The fourth-order valence-corrected chi connectivity index (χ4v) is 3.16.